The van der Waals surface area contributed by atoms with Crippen molar-refractivity contribution in [3.63, 3.8) is 0 Å². The van der Waals surface area contributed by atoms with Gasteiger partial charge in [-0.05, 0) is 29.7 Å². The number of aryl methyl sites for hydroxylation is 1. The van der Waals surface area contributed by atoms with Crippen LogP contribution in [-0.2, 0) is 18.9 Å². The number of nitrogens with zero attached hydrogens (tertiary/aromatic N) is 3. The fourth-order valence-corrected chi connectivity index (χ4v) is 3.00. The second-order valence-electron chi connectivity index (χ2n) is 6.45. The molecule has 0 aliphatic heterocycles. The molecule has 2 aromatic carbocycles. The zero-order valence-electron chi connectivity index (χ0n) is 15.7. The van der Waals surface area contributed by atoms with E-state index in [0.29, 0.717) is 23.5 Å². The Balaban J connectivity index is 1.98. The van der Waals surface area contributed by atoms with E-state index >= 15 is 0 Å². The van der Waals surface area contributed by atoms with Crippen molar-refractivity contribution in [1.29, 1.82) is 0 Å². The van der Waals surface area contributed by atoms with Gasteiger partial charge in [-0.25, -0.2) is 14.5 Å². The van der Waals surface area contributed by atoms with E-state index in [2.05, 4.69) is 10.1 Å². The average molecular weight is 385 g/mol. The summed E-state index contributed by atoms with van der Waals surface area (Å²) in [5.74, 6) is -4.24. The van der Waals surface area contributed by atoms with Gasteiger partial charge in [-0.2, -0.15) is 8.78 Å². The van der Waals surface area contributed by atoms with Crippen LogP contribution in [0.4, 0.5) is 8.78 Å². The molecule has 0 atom stereocenters. The Hall–Kier alpha value is -3.09. The van der Waals surface area contributed by atoms with Crippen molar-refractivity contribution >= 4 is 5.97 Å². The third-order valence-electron chi connectivity index (χ3n) is 4.58. The first-order valence-electron chi connectivity index (χ1n) is 9.09. The predicted molar refractivity (Wildman–Crippen MR) is 102 cm³/mol. The Kier molecular flexibility index (Phi) is 5.53. The molecule has 0 aliphatic rings. The third-order valence-corrected chi connectivity index (χ3v) is 4.58. The number of alkyl halides is 2. The summed E-state index contributed by atoms with van der Waals surface area (Å²) in [5.41, 5.74) is 2.23. The number of aromatic carboxylic acids is 1. The number of benzene rings is 2. The Morgan fingerprint density at radius 3 is 2.46 bits per heavy atom. The number of aromatic nitrogens is 3. The second-order valence-corrected chi connectivity index (χ2v) is 6.45. The number of carboxylic acid groups (broad SMARTS) is 1. The zero-order chi connectivity index (χ0) is 20.3. The first-order chi connectivity index (χ1) is 13.4. The molecule has 0 unspecified atom stereocenters. The van der Waals surface area contributed by atoms with E-state index in [1.54, 1.807) is 25.1 Å². The van der Waals surface area contributed by atoms with Crippen molar-refractivity contribution < 1.29 is 18.7 Å². The molecule has 7 heteroatoms. The zero-order valence-corrected chi connectivity index (χ0v) is 15.7. The van der Waals surface area contributed by atoms with Gasteiger partial charge in [0.05, 0.1) is 5.56 Å². The summed E-state index contributed by atoms with van der Waals surface area (Å²) in [6, 6.07) is 14.3. The molecule has 1 aromatic heterocycles. The highest BCUT2D eigenvalue weighted by Gasteiger charge is 2.35. The monoisotopic (exact) mass is 385 g/mol. The molecule has 0 bridgehead atoms. The lowest BCUT2D eigenvalue weighted by Gasteiger charge is -2.09. The smallest absolute Gasteiger partial charge is 0.336 e. The van der Waals surface area contributed by atoms with Crippen LogP contribution in [0.1, 0.15) is 47.8 Å². The molecule has 3 rings (SSSR count). The number of hydrogen-bond donors (Lipinski definition) is 1. The van der Waals surface area contributed by atoms with Crippen LogP contribution in [0.15, 0.2) is 48.5 Å². The summed E-state index contributed by atoms with van der Waals surface area (Å²) in [7, 11) is 0. The van der Waals surface area contributed by atoms with Crippen LogP contribution in [-0.4, -0.2) is 25.8 Å². The number of rotatable bonds is 7. The van der Waals surface area contributed by atoms with Gasteiger partial charge in [0, 0.05) is 19.4 Å². The Morgan fingerprint density at radius 2 is 1.86 bits per heavy atom. The van der Waals surface area contributed by atoms with Crippen LogP contribution in [0, 0.1) is 0 Å². The molecule has 1 N–H and O–H groups in total. The van der Waals surface area contributed by atoms with Crippen LogP contribution in [0.25, 0.3) is 11.1 Å². The van der Waals surface area contributed by atoms with E-state index in [1.165, 1.54) is 11.6 Å². The largest absolute Gasteiger partial charge is 0.478 e. The van der Waals surface area contributed by atoms with Crippen molar-refractivity contribution in [3.05, 3.63) is 71.3 Å². The molecule has 3 aromatic rings. The van der Waals surface area contributed by atoms with Crippen molar-refractivity contribution in [2.24, 2.45) is 0 Å². The molecule has 0 aliphatic carbocycles. The van der Waals surface area contributed by atoms with Gasteiger partial charge in [-0.3, -0.25) is 0 Å². The molecular formula is C21H21F2N3O2. The fraction of sp³-hybridized carbons (Fsp3) is 0.286. The number of carbonyl (C=O) groups is 1. The predicted octanol–water partition coefficient (Wildman–Crippen LogP) is 4.76. The summed E-state index contributed by atoms with van der Waals surface area (Å²) in [6.45, 7) is 3.58. The van der Waals surface area contributed by atoms with Gasteiger partial charge in [0.15, 0.2) is 0 Å². The molecule has 0 saturated carbocycles. The molecule has 1 heterocycles. The van der Waals surface area contributed by atoms with E-state index in [1.807, 2.05) is 30.3 Å². The average Bonchev–Trinajstić information content (AvgIpc) is 3.12. The van der Waals surface area contributed by atoms with Gasteiger partial charge in [0.1, 0.15) is 5.82 Å². The van der Waals surface area contributed by atoms with Crippen molar-refractivity contribution in [1.82, 2.24) is 14.8 Å². The minimum Gasteiger partial charge on any atom is -0.478 e. The molecular weight excluding hydrogens is 364 g/mol. The molecule has 0 radical (unpaired) electrons. The highest BCUT2D eigenvalue weighted by Crippen LogP contribution is 2.30. The number of hydrogen-bond acceptors (Lipinski definition) is 3. The lowest BCUT2D eigenvalue weighted by molar-refractivity contribution is -0.0177. The third kappa shape index (κ3) is 3.93. The lowest BCUT2D eigenvalue weighted by Crippen LogP contribution is -2.14. The lowest BCUT2D eigenvalue weighted by atomic mass is 9.96. The molecule has 0 spiro atoms. The van der Waals surface area contributed by atoms with Crippen molar-refractivity contribution in [3.8, 4) is 11.1 Å². The Morgan fingerprint density at radius 1 is 1.14 bits per heavy atom. The molecule has 28 heavy (non-hydrogen) atoms. The highest BCUT2D eigenvalue weighted by atomic mass is 19.3. The number of halogens is 2. The van der Waals surface area contributed by atoms with E-state index < -0.39 is 17.7 Å². The highest BCUT2D eigenvalue weighted by molar-refractivity contribution is 5.96. The summed E-state index contributed by atoms with van der Waals surface area (Å²) < 4.78 is 29.3. The minimum atomic E-state index is -3.08. The van der Waals surface area contributed by atoms with Crippen molar-refractivity contribution in [2.45, 2.75) is 39.2 Å². The maximum absolute atomic E-state index is 13.9. The topological polar surface area (TPSA) is 68.0 Å². The summed E-state index contributed by atoms with van der Waals surface area (Å²) in [6.07, 6.45) is -0.162. The van der Waals surface area contributed by atoms with Crippen molar-refractivity contribution in [2.75, 3.05) is 0 Å². The maximum atomic E-state index is 13.9. The molecule has 0 fully saturated rings. The minimum absolute atomic E-state index is 0.158. The van der Waals surface area contributed by atoms with Gasteiger partial charge in [-0.1, -0.05) is 49.4 Å². The number of carboxylic acids is 1. The Bertz CT molecular complexity index is 985. The van der Waals surface area contributed by atoms with Gasteiger partial charge in [0.25, 0.3) is 0 Å². The SMILES string of the molecule is CCn1nc(C(F)(F)CC)nc1Cc1ccc(-c2ccccc2)c(C(=O)O)c1. The van der Waals surface area contributed by atoms with Crippen LogP contribution in [0.2, 0.25) is 0 Å². The van der Waals surface area contributed by atoms with Gasteiger partial charge >= 0.3 is 11.9 Å². The quantitative estimate of drug-likeness (QED) is 0.637. The van der Waals surface area contributed by atoms with E-state index in [4.69, 9.17) is 0 Å². The van der Waals surface area contributed by atoms with E-state index in [0.717, 1.165) is 5.56 Å². The molecule has 146 valence electrons. The Labute approximate surface area is 161 Å². The summed E-state index contributed by atoms with van der Waals surface area (Å²) in [5, 5.41) is 13.6. The second kappa shape index (κ2) is 7.88. The van der Waals surface area contributed by atoms with E-state index in [-0.39, 0.29) is 18.4 Å². The first-order valence-corrected chi connectivity index (χ1v) is 9.09. The van der Waals surface area contributed by atoms with Crippen LogP contribution in [0.3, 0.4) is 0 Å². The summed E-state index contributed by atoms with van der Waals surface area (Å²) >= 11 is 0. The first kappa shape index (κ1) is 19.7. The normalized spacial score (nSPS) is 11.6. The molecule has 0 saturated heterocycles. The standard InChI is InChI=1S/C21H21F2N3O2/c1-3-21(22,23)20-24-18(26(4-2)25-20)13-14-10-11-16(17(12-14)19(27)28)15-8-6-5-7-9-15/h5-12H,3-4,13H2,1-2H3,(H,27,28). The van der Waals surface area contributed by atoms with Gasteiger partial charge in [0.2, 0.25) is 5.82 Å². The molecule has 5 nitrogen and oxygen atoms in total. The van der Waals surface area contributed by atoms with Gasteiger partial charge < -0.3 is 5.11 Å². The maximum Gasteiger partial charge on any atom is 0.336 e. The van der Waals surface area contributed by atoms with Crippen LogP contribution >= 0.6 is 0 Å². The van der Waals surface area contributed by atoms with Crippen LogP contribution in [0.5, 0.6) is 0 Å². The fourth-order valence-electron chi connectivity index (χ4n) is 3.00. The molecule has 0 amide bonds. The van der Waals surface area contributed by atoms with Gasteiger partial charge in [-0.15, -0.1) is 5.10 Å². The van der Waals surface area contributed by atoms with E-state index in [9.17, 15) is 18.7 Å². The van der Waals surface area contributed by atoms with Crippen LogP contribution < -0.4 is 0 Å². The summed E-state index contributed by atoms with van der Waals surface area (Å²) in [4.78, 5) is 15.8.